The average molecular weight is 283 g/mol. The summed E-state index contributed by atoms with van der Waals surface area (Å²) >= 11 is 0. The Morgan fingerprint density at radius 2 is 2.00 bits per heavy atom. The number of pyridine rings is 1. The van der Waals surface area contributed by atoms with Crippen molar-refractivity contribution in [3.05, 3.63) is 36.0 Å². The fourth-order valence-corrected chi connectivity index (χ4v) is 3.17. The van der Waals surface area contributed by atoms with Crippen LogP contribution in [0.4, 0.5) is 5.82 Å². The molecular weight excluding hydrogens is 258 g/mol. The number of nitrogens with zero attached hydrogens (tertiary/aromatic N) is 2. The number of hydrogen-bond acceptors (Lipinski definition) is 3. The van der Waals surface area contributed by atoms with E-state index in [1.807, 2.05) is 13.2 Å². The van der Waals surface area contributed by atoms with Gasteiger partial charge in [0.1, 0.15) is 5.82 Å². The molecule has 3 rings (SSSR count). The number of fused-ring (bicyclic) bond motifs is 1. The molecule has 0 amide bonds. The first-order chi connectivity index (χ1) is 10.3. The predicted octanol–water partition coefficient (Wildman–Crippen LogP) is 3.58. The number of benzene rings is 1. The molecule has 1 fully saturated rings. The van der Waals surface area contributed by atoms with Gasteiger partial charge in [-0.15, -0.1) is 0 Å². The Morgan fingerprint density at radius 3 is 2.62 bits per heavy atom. The van der Waals surface area contributed by atoms with E-state index in [0.717, 1.165) is 31.4 Å². The first-order valence-electron chi connectivity index (χ1n) is 8.09. The van der Waals surface area contributed by atoms with Crippen LogP contribution < -0.4 is 10.2 Å². The highest BCUT2D eigenvalue weighted by Gasteiger charge is 2.22. The number of rotatable bonds is 6. The summed E-state index contributed by atoms with van der Waals surface area (Å²) in [5.74, 6) is 2.02. The van der Waals surface area contributed by atoms with Crippen molar-refractivity contribution in [2.45, 2.75) is 32.7 Å². The Balaban J connectivity index is 1.98. The maximum atomic E-state index is 4.79. The van der Waals surface area contributed by atoms with E-state index in [9.17, 15) is 0 Å². The van der Waals surface area contributed by atoms with Crippen molar-refractivity contribution in [3.8, 4) is 0 Å². The lowest BCUT2D eigenvalue weighted by Crippen LogP contribution is -2.33. The largest absolute Gasteiger partial charge is 0.356 e. The maximum absolute atomic E-state index is 4.79. The Labute approximate surface area is 127 Å². The van der Waals surface area contributed by atoms with E-state index in [0.29, 0.717) is 0 Å². The second kappa shape index (κ2) is 6.44. The summed E-state index contributed by atoms with van der Waals surface area (Å²) in [4.78, 5) is 7.25. The minimum absolute atomic E-state index is 0.863. The molecule has 0 unspecified atom stereocenters. The van der Waals surface area contributed by atoms with Gasteiger partial charge < -0.3 is 10.2 Å². The van der Waals surface area contributed by atoms with Gasteiger partial charge in [-0.2, -0.15) is 0 Å². The quantitative estimate of drug-likeness (QED) is 0.878. The van der Waals surface area contributed by atoms with Gasteiger partial charge >= 0.3 is 0 Å². The van der Waals surface area contributed by atoms with Crippen molar-refractivity contribution in [1.82, 2.24) is 10.3 Å². The zero-order chi connectivity index (χ0) is 14.7. The Kier molecular flexibility index (Phi) is 4.39. The van der Waals surface area contributed by atoms with Gasteiger partial charge in [0, 0.05) is 31.2 Å². The Hall–Kier alpha value is -1.61. The first kappa shape index (κ1) is 14.3. The molecular formula is C18H25N3. The molecule has 1 aromatic heterocycles. The lowest BCUT2D eigenvalue weighted by atomic mass is 9.85. The van der Waals surface area contributed by atoms with Gasteiger partial charge in [0.25, 0.3) is 0 Å². The minimum Gasteiger partial charge on any atom is -0.356 e. The molecule has 3 heteroatoms. The third kappa shape index (κ3) is 2.88. The molecule has 0 saturated heterocycles. The highest BCUT2D eigenvalue weighted by Crippen LogP contribution is 2.31. The molecule has 0 radical (unpaired) electrons. The van der Waals surface area contributed by atoms with E-state index in [1.54, 1.807) is 0 Å². The van der Waals surface area contributed by atoms with Crippen LogP contribution in [-0.2, 0) is 6.54 Å². The number of hydrogen-bond donors (Lipinski definition) is 1. The second-order valence-electron chi connectivity index (χ2n) is 6.02. The molecule has 1 aliphatic rings. The third-order valence-corrected chi connectivity index (χ3v) is 4.61. The molecule has 2 aromatic rings. The van der Waals surface area contributed by atoms with Gasteiger partial charge in [-0.25, -0.2) is 4.98 Å². The second-order valence-corrected chi connectivity index (χ2v) is 6.02. The lowest BCUT2D eigenvalue weighted by Gasteiger charge is -2.33. The normalized spacial score (nSPS) is 15.1. The van der Waals surface area contributed by atoms with Gasteiger partial charge in [0.15, 0.2) is 0 Å². The SMILES string of the molecule is CCN(CC1CCC1)c1ncc(CNC)c2ccccc12. The highest BCUT2D eigenvalue weighted by molar-refractivity contribution is 5.94. The maximum Gasteiger partial charge on any atom is 0.136 e. The molecule has 1 saturated carbocycles. The van der Waals surface area contributed by atoms with Gasteiger partial charge in [-0.3, -0.25) is 0 Å². The van der Waals surface area contributed by atoms with Crippen LogP contribution in [-0.4, -0.2) is 25.1 Å². The van der Waals surface area contributed by atoms with Crippen LogP contribution in [0.15, 0.2) is 30.5 Å². The minimum atomic E-state index is 0.863. The van der Waals surface area contributed by atoms with Crippen molar-refractivity contribution in [2.75, 3.05) is 25.0 Å². The molecule has 3 nitrogen and oxygen atoms in total. The monoisotopic (exact) mass is 283 g/mol. The fourth-order valence-electron chi connectivity index (χ4n) is 3.17. The Morgan fingerprint density at radius 1 is 1.24 bits per heavy atom. The smallest absolute Gasteiger partial charge is 0.136 e. The van der Waals surface area contributed by atoms with Crippen LogP contribution in [0.2, 0.25) is 0 Å². The van der Waals surface area contributed by atoms with E-state index in [1.165, 1.54) is 35.6 Å². The van der Waals surface area contributed by atoms with Gasteiger partial charge in [0.05, 0.1) is 0 Å². The third-order valence-electron chi connectivity index (χ3n) is 4.61. The van der Waals surface area contributed by atoms with Crippen LogP contribution in [0.5, 0.6) is 0 Å². The molecule has 0 aliphatic heterocycles. The van der Waals surface area contributed by atoms with Crippen LogP contribution in [0.1, 0.15) is 31.7 Å². The molecule has 112 valence electrons. The highest BCUT2D eigenvalue weighted by atomic mass is 15.2. The van der Waals surface area contributed by atoms with Gasteiger partial charge in [-0.05, 0) is 43.7 Å². The molecule has 0 atom stereocenters. The number of anilines is 1. The Bertz CT molecular complexity index is 604. The standard InChI is InChI=1S/C18H25N3/c1-3-21(13-14-7-6-8-14)18-17-10-5-4-9-16(17)15(11-19-2)12-20-18/h4-5,9-10,12,14,19H,3,6-8,11,13H2,1-2H3. The summed E-state index contributed by atoms with van der Waals surface area (Å²) < 4.78 is 0. The predicted molar refractivity (Wildman–Crippen MR) is 89.7 cm³/mol. The van der Waals surface area contributed by atoms with Gasteiger partial charge in [0.2, 0.25) is 0 Å². The van der Waals surface area contributed by atoms with Crippen molar-refractivity contribution >= 4 is 16.6 Å². The van der Waals surface area contributed by atoms with Crippen LogP contribution in [0, 0.1) is 5.92 Å². The molecule has 1 aromatic carbocycles. The van der Waals surface area contributed by atoms with E-state index in [2.05, 4.69) is 41.4 Å². The molecule has 1 heterocycles. The van der Waals surface area contributed by atoms with Crippen LogP contribution in [0.25, 0.3) is 10.8 Å². The summed E-state index contributed by atoms with van der Waals surface area (Å²) in [6.45, 7) is 5.27. The van der Waals surface area contributed by atoms with E-state index >= 15 is 0 Å². The van der Waals surface area contributed by atoms with Crippen LogP contribution >= 0.6 is 0 Å². The zero-order valence-electron chi connectivity index (χ0n) is 13.1. The van der Waals surface area contributed by atoms with Gasteiger partial charge in [-0.1, -0.05) is 30.7 Å². The summed E-state index contributed by atoms with van der Waals surface area (Å²) in [5.41, 5.74) is 1.27. The first-order valence-corrected chi connectivity index (χ1v) is 8.09. The summed E-state index contributed by atoms with van der Waals surface area (Å²) in [5, 5.41) is 5.84. The van der Waals surface area contributed by atoms with Crippen molar-refractivity contribution in [3.63, 3.8) is 0 Å². The molecule has 21 heavy (non-hydrogen) atoms. The van der Waals surface area contributed by atoms with Crippen molar-refractivity contribution < 1.29 is 0 Å². The average Bonchev–Trinajstić information content (AvgIpc) is 2.48. The molecule has 0 spiro atoms. The topological polar surface area (TPSA) is 28.2 Å². The summed E-state index contributed by atoms with van der Waals surface area (Å²) in [7, 11) is 1.98. The van der Waals surface area contributed by atoms with E-state index in [-0.39, 0.29) is 0 Å². The molecule has 1 aliphatic carbocycles. The lowest BCUT2D eigenvalue weighted by molar-refractivity contribution is 0.318. The van der Waals surface area contributed by atoms with Crippen molar-refractivity contribution in [2.24, 2.45) is 5.92 Å². The summed E-state index contributed by atoms with van der Waals surface area (Å²) in [6.07, 6.45) is 6.20. The number of nitrogens with one attached hydrogen (secondary N) is 1. The fraction of sp³-hybridized carbons (Fsp3) is 0.500. The van der Waals surface area contributed by atoms with Crippen molar-refractivity contribution in [1.29, 1.82) is 0 Å². The molecule has 1 N–H and O–H groups in total. The zero-order valence-corrected chi connectivity index (χ0v) is 13.1. The molecule has 0 bridgehead atoms. The van der Waals surface area contributed by atoms with E-state index < -0.39 is 0 Å². The van der Waals surface area contributed by atoms with E-state index in [4.69, 9.17) is 4.98 Å². The summed E-state index contributed by atoms with van der Waals surface area (Å²) in [6, 6.07) is 8.66. The van der Waals surface area contributed by atoms with Crippen LogP contribution in [0.3, 0.4) is 0 Å². The number of aromatic nitrogens is 1.